The van der Waals surface area contributed by atoms with Gasteiger partial charge in [-0.1, -0.05) is 77.0 Å². The molecule has 0 bridgehead atoms. The van der Waals surface area contributed by atoms with Gasteiger partial charge in [0.15, 0.2) is 0 Å². The van der Waals surface area contributed by atoms with Crippen molar-refractivity contribution < 1.29 is 29.7 Å². The van der Waals surface area contributed by atoms with Crippen LogP contribution in [0, 0.1) is 0 Å². The summed E-state index contributed by atoms with van der Waals surface area (Å²) in [4.78, 5) is 31.8. The van der Waals surface area contributed by atoms with Gasteiger partial charge in [-0.3, -0.25) is 14.9 Å². The van der Waals surface area contributed by atoms with Crippen molar-refractivity contribution in [3.8, 4) is 0 Å². The highest BCUT2D eigenvalue weighted by atomic mass is 16.4. The molecule has 0 aliphatic carbocycles. The van der Waals surface area contributed by atoms with Crippen LogP contribution in [-0.2, 0) is 14.4 Å². The molecule has 0 aromatic rings. The number of carbonyl (C=O) groups is 3. The molecule has 2 unspecified atom stereocenters. The van der Waals surface area contributed by atoms with E-state index in [9.17, 15) is 19.5 Å². The van der Waals surface area contributed by atoms with Gasteiger partial charge in [0.2, 0.25) is 0 Å². The van der Waals surface area contributed by atoms with Gasteiger partial charge in [-0.25, -0.2) is 0 Å². The van der Waals surface area contributed by atoms with Gasteiger partial charge in [-0.15, -0.1) is 0 Å². The van der Waals surface area contributed by atoms with Crippen molar-refractivity contribution in [1.29, 1.82) is 0 Å². The average Bonchev–Trinajstić information content (AvgIpc) is 2.70. The fourth-order valence-electron chi connectivity index (χ4n) is 3.56. The quantitative estimate of drug-likeness (QED) is 0.106. The molecule has 0 saturated carbocycles. The van der Waals surface area contributed by atoms with E-state index in [1.165, 1.54) is 51.4 Å². The molecule has 0 amide bonds. The number of hydrogen-bond acceptors (Lipinski definition) is 5. The van der Waals surface area contributed by atoms with E-state index < -0.39 is 24.2 Å². The number of hydrogen-bond donors (Lipinski definition) is 4. The monoisotopic (exact) mass is 429 g/mol. The van der Waals surface area contributed by atoms with E-state index in [1.807, 2.05) is 0 Å². The molecule has 0 saturated heterocycles. The smallest absolute Gasteiger partial charge is 0.320 e. The van der Waals surface area contributed by atoms with E-state index in [-0.39, 0.29) is 12.8 Å². The number of aliphatic hydroxyl groups excluding tert-OH is 1. The molecule has 0 radical (unpaired) electrons. The second-order valence-electron chi connectivity index (χ2n) is 8.20. The van der Waals surface area contributed by atoms with Gasteiger partial charge in [-0.2, -0.15) is 0 Å². The maximum atomic E-state index is 11.1. The van der Waals surface area contributed by atoms with Crippen LogP contribution in [0.3, 0.4) is 0 Å². The molecule has 0 spiro atoms. The number of nitrogens with one attached hydrogen (secondary N) is 1. The summed E-state index contributed by atoms with van der Waals surface area (Å²) < 4.78 is 0. The minimum Gasteiger partial charge on any atom is -0.481 e. The summed E-state index contributed by atoms with van der Waals surface area (Å²) in [7, 11) is 0. The number of aldehydes is 1. The lowest BCUT2D eigenvalue weighted by atomic mass is 10.0. The average molecular weight is 430 g/mol. The van der Waals surface area contributed by atoms with Crippen LogP contribution in [0.25, 0.3) is 0 Å². The molecule has 0 heterocycles. The van der Waals surface area contributed by atoms with Crippen molar-refractivity contribution in [2.24, 2.45) is 0 Å². The third-order valence-corrected chi connectivity index (χ3v) is 5.38. The Balaban J connectivity index is 3.36. The van der Waals surface area contributed by atoms with Crippen molar-refractivity contribution in [3.05, 3.63) is 0 Å². The van der Waals surface area contributed by atoms with Gasteiger partial charge in [0.05, 0.1) is 0 Å². The molecule has 0 rings (SSSR count). The maximum Gasteiger partial charge on any atom is 0.320 e. The van der Waals surface area contributed by atoms with Crippen LogP contribution in [0.15, 0.2) is 0 Å². The van der Waals surface area contributed by atoms with Crippen molar-refractivity contribution >= 4 is 18.2 Å². The van der Waals surface area contributed by atoms with E-state index in [0.717, 1.165) is 38.5 Å². The Bertz CT molecular complexity index is 443. The lowest BCUT2D eigenvalue weighted by Crippen LogP contribution is -2.43. The van der Waals surface area contributed by atoms with Crippen LogP contribution in [-0.4, -0.2) is 45.8 Å². The number of rotatable bonds is 23. The van der Waals surface area contributed by atoms with E-state index in [1.54, 1.807) is 0 Å². The molecule has 7 heteroatoms. The highest BCUT2D eigenvalue weighted by Gasteiger charge is 2.19. The molecule has 0 fully saturated rings. The van der Waals surface area contributed by atoms with E-state index in [2.05, 4.69) is 5.32 Å². The largest absolute Gasteiger partial charge is 0.481 e. The van der Waals surface area contributed by atoms with Gasteiger partial charge in [0, 0.05) is 12.8 Å². The molecule has 0 aromatic carbocycles. The normalized spacial score (nSPS) is 13.1. The van der Waals surface area contributed by atoms with Crippen LogP contribution in [0.5, 0.6) is 0 Å². The third-order valence-electron chi connectivity index (χ3n) is 5.38. The second-order valence-corrected chi connectivity index (χ2v) is 8.20. The highest BCUT2D eigenvalue weighted by molar-refractivity contribution is 5.73. The number of aliphatic carboxylic acids is 2. The minimum atomic E-state index is -1.04. The zero-order chi connectivity index (χ0) is 22.5. The number of carbonyl (C=O) groups excluding carboxylic acids is 1. The minimum absolute atomic E-state index is 0.172. The summed E-state index contributed by atoms with van der Waals surface area (Å²) >= 11 is 0. The van der Waals surface area contributed by atoms with Crippen LogP contribution in [0.2, 0.25) is 0 Å². The molecule has 0 aromatic heterocycles. The Kier molecular flexibility index (Phi) is 19.8. The Morgan fingerprint density at radius 2 is 1.13 bits per heavy atom. The zero-order valence-electron chi connectivity index (χ0n) is 18.5. The van der Waals surface area contributed by atoms with Crippen molar-refractivity contribution in [1.82, 2.24) is 5.32 Å². The Hall–Kier alpha value is -1.47. The first kappa shape index (κ1) is 28.5. The first-order valence-electron chi connectivity index (χ1n) is 11.8. The Labute approximate surface area is 181 Å². The fourth-order valence-corrected chi connectivity index (χ4v) is 3.56. The summed E-state index contributed by atoms with van der Waals surface area (Å²) in [6, 6.07) is -0.873. The van der Waals surface area contributed by atoms with E-state index in [0.29, 0.717) is 19.1 Å². The summed E-state index contributed by atoms with van der Waals surface area (Å²) in [5.41, 5.74) is 0. The highest BCUT2D eigenvalue weighted by Crippen LogP contribution is 2.14. The lowest BCUT2D eigenvalue weighted by Gasteiger charge is -2.18. The molecule has 0 aliphatic rings. The van der Waals surface area contributed by atoms with Crippen molar-refractivity contribution in [2.45, 2.75) is 128 Å². The van der Waals surface area contributed by atoms with Gasteiger partial charge >= 0.3 is 11.9 Å². The molecule has 7 nitrogen and oxygen atoms in total. The molecular formula is C23H43NO6. The molecule has 176 valence electrons. The van der Waals surface area contributed by atoms with Crippen LogP contribution < -0.4 is 5.32 Å². The topological polar surface area (TPSA) is 124 Å². The zero-order valence-corrected chi connectivity index (χ0v) is 18.5. The number of aliphatic hydroxyl groups is 1. The molecule has 0 aliphatic heterocycles. The van der Waals surface area contributed by atoms with Crippen molar-refractivity contribution in [2.75, 3.05) is 0 Å². The third kappa shape index (κ3) is 19.8. The number of carboxylic acid groups (broad SMARTS) is 2. The van der Waals surface area contributed by atoms with Crippen LogP contribution >= 0.6 is 0 Å². The first-order chi connectivity index (χ1) is 14.5. The summed E-state index contributed by atoms with van der Waals surface area (Å²) in [5, 5.41) is 30.2. The van der Waals surface area contributed by atoms with Crippen LogP contribution in [0.1, 0.15) is 116 Å². The van der Waals surface area contributed by atoms with E-state index >= 15 is 0 Å². The lowest BCUT2D eigenvalue weighted by molar-refractivity contribution is -0.141. The molecule has 30 heavy (non-hydrogen) atoms. The predicted octanol–water partition coefficient (Wildman–Crippen LogP) is 4.65. The number of carboxylic acids is 2. The van der Waals surface area contributed by atoms with Gasteiger partial charge in [-0.05, 0) is 25.7 Å². The SMILES string of the molecule is O=CCCC(NC(O)CCCCCCCCCCCCCCCCC(=O)O)C(=O)O. The van der Waals surface area contributed by atoms with Gasteiger partial charge < -0.3 is 20.1 Å². The maximum absolute atomic E-state index is 11.1. The molecule has 4 N–H and O–H groups in total. The summed E-state index contributed by atoms with van der Waals surface area (Å²) in [6.45, 7) is 0. The number of unbranched alkanes of at least 4 members (excludes halogenated alkanes) is 13. The van der Waals surface area contributed by atoms with E-state index in [4.69, 9.17) is 10.2 Å². The molecular weight excluding hydrogens is 386 g/mol. The predicted molar refractivity (Wildman–Crippen MR) is 117 cm³/mol. The van der Waals surface area contributed by atoms with Gasteiger partial charge in [0.1, 0.15) is 18.6 Å². The van der Waals surface area contributed by atoms with Gasteiger partial charge in [0.25, 0.3) is 0 Å². The second kappa shape index (κ2) is 20.8. The van der Waals surface area contributed by atoms with Crippen molar-refractivity contribution in [3.63, 3.8) is 0 Å². The first-order valence-corrected chi connectivity index (χ1v) is 11.8. The summed E-state index contributed by atoms with van der Waals surface area (Å²) in [5.74, 6) is -1.73. The Morgan fingerprint density at radius 3 is 1.53 bits per heavy atom. The Morgan fingerprint density at radius 1 is 0.700 bits per heavy atom. The van der Waals surface area contributed by atoms with Crippen LogP contribution in [0.4, 0.5) is 0 Å². The molecule has 2 atom stereocenters. The fraction of sp³-hybridized carbons (Fsp3) is 0.870. The summed E-state index contributed by atoms with van der Waals surface area (Å²) in [6.07, 6.45) is 17.0. The standard InChI is InChI=1S/C23H43NO6/c25-19-15-16-20(23(29)30)24-21(26)17-13-11-9-7-5-3-1-2-4-6-8-10-12-14-18-22(27)28/h19-21,24,26H,1-18H2,(H,27,28)(H,29,30).